The Morgan fingerprint density at radius 2 is 2.05 bits per heavy atom. The van der Waals surface area contributed by atoms with Crippen LogP contribution < -0.4 is 10.6 Å². The van der Waals surface area contributed by atoms with Crippen molar-refractivity contribution in [3.05, 3.63) is 5.82 Å². The highest BCUT2D eigenvalue weighted by Gasteiger charge is 2.30. The monoisotopic (exact) mass is 309 g/mol. The second-order valence-electron chi connectivity index (χ2n) is 6.84. The van der Waals surface area contributed by atoms with Crippen molar-refractivity contribution in [2.45, 2.75) is 39.0 Å². The van der Waals surface area contributed by atoms with Gasteiger partial charge < -0.3 is 10.6 Å². The Morgan fingerprint density at radius 1 is 1.33 bits per heavy atom. The number of nitrogens with zero attached hydrogens (tertiary/aromatic N) is 3. The highest BCUT2D eigenvalue weighted by Crippen LogP contribution is 2.31. The first kappa shape index (κ1) is 15.2. The van der Waals surface area contributed by atoms with E-state index in [4.69, 9.17) is 10.7 Å². The van der Waals surface area contributed by atoms with Gasteiger partial charge in [-0.15, -0.1) is 5.10 Å². The van der Waals surface area contributed by atoms with E-state index in [0.29, 0.717) is 5.41 Å². The lowest BCUT2D eigenvalue weighted by Gasteiger charge is -2.38. The molecule has 2 saturated heterocycles. The molecule has 0 atom stereocenters. The number of nitrogens with two attached hydrogens (primary N) is 1. The van der Waals surface area contributed by atoms with E-state index in [2.05, 4.69) is 33.8 Å². The number of piperidine rings is 1. The molecule has 2 aliphatic heterocycles. The van der Waals surface area contributed by atoms with Gasteiger partial charge in [0.1, 0.15) is 5.82 Å². The van der Waals surface area contributed by atoms with E-state index in [9.17, 15) is 0 Å². The minimum absolute atomic E-state index is 0.301. The SMILES string of the molecule is CC1(CN)CCN(c2n[nH]c(CC3CCSCC3)n2)CC1. The lowest BCUT2D eigenvalue weighted by Crippen LogP contribution is -2.42. The Morgan fingerprint density at radius 3 is 2.71 bits per heavy atom. The minimum atomic E-state index is 0.301. The molecule has 6 heteroatoms. The number of hydrogen-bond acceptors (Lipinski definition) is 5. The first-order chi connectivity index (χ1) is 10.2. The van der Waals surface area contributed by atoms with Crippen molar-refractivity contribution in [2.24, 2.45) is 17.1 Å². The van der Waals surface area contributed by atoms with Crippen LogP contribution in [0.4, 0.5) is 5.95 Å². The van der Waals surface area contributed by atoms with E-state index >= 15 is 0 Å². The fourth-order valence-corrected chi connectivity index (χ4v) is 4.40. The van der Waals surface area contributed by atoms with Gasteiger partial charge in [0.25, 0.3) is 0 Å². The molecule has 2 fully saturated rings. The van der Waals surface area contributed by atoms with Crippen LogP contribution in [0.3, 0.4) is 0 Å². The summed E-state index contributed by atoms with van der Waals surface area (Å²) in [5.41, 5.74) is 6.17. The maximum Gasteiger partial charge on any atom is 0.244 e. The predicted octanol–water partition coefficient (Wildman–Crippen LogP) is 2.06. The summed E-state index contributed by atoms with van der Waals surface area (Å²) in [5.74, 6) is 5.34. The molecule has 0 radical (unpaired) electrons. The molecule has 3 heterocycles. The average Bonchev–Trinajstić information content (AvgIpc) is 2.97. The lowest BCUT2D eigenvalue weighted by atomic mass is 9.81. The van der Waals surface area contributed by atoms with Crippen LogP contribution in [-0.4, -0.2) is 46.3 Å². The summed E-state index contributed by atoms with van der Waals surface area (Å²) in [7, 11) is 0. The van der Waals surface area contributed by atoms with Crippen molar-refractivity contribution < 1.29 is 0 Å². The molecule has 3 N–H and O–H groups in total. The Balaban J connectivity index is 1.55. The third-order valence-electron chi connectivity index (χ3n) is 5.09. The van der Waals surface area contributed by atoms with E-state index in [1.807, 2.05) is 0 Å². The van der Waals surface area contributed by atoms with Crippen molar-refractivity contribution in [1.29, 1.82) is 0 Å². The van der Waals surface area contributed by atoms with Gasteiger partial charge in [-0.3, -0.25) is 5.10 Å². The number of thioether (sulfide) groups is 1. The van der Waals surface area contributed by atoms with E-state index in [-0.39, 0.29) is 0 Å². The van der Waals surface area contributed by atoms with E-state index in [1.165, 1.54) is 24.3 Å². The molecule has 0 aliphatic carbocycles. The predicted molar refractivity (Wildman–Crippen MR) is 88.7 cm³/mol. The third-order valence-corrected chi connectivity index (χ3v) is 6.14. The Hall–Kier alpha value is -0.750. The zero-order valence-electron chi connectivity index (χ0n) is 13.0. The number of H-pyrrole nitrogens is 1. The minimum Gasteiger partial charge on any atom is -0.340 e. The fraction of sp³-hybridized carbons (Fsp3) is 0.867. The molecule has 1 aromatic rings. The zero-order valence-corrected chi connectivity index (χ0v) is 13.8. The molecule has 0 saturated carbocycles. The maximum atomic E-state index is 5.87. The molecule has 0 bridgehead atoms. The molecule has 3 rings (SSSR count). The topological polar surface area (TPSA) is 70.8 Å². The number of hydrogen-bond donors (Lipinski definition) is 2. The van der Waals surface area contributed by atoms with Crippen LogP contribution in [0.25, 0.3) is 0 Å². The second kappa shape index (κ2) is 6.57. The van der Waals surface area contributed by atoms with Gasteiger partial charge in [-0.2, -0.15) is 16.7 Å². The van der Waals surface area contributed by atoms with E-state index < -0.39 is 0 Å². The van der Waals surface area contributed by atoms with Crippen molar-refractivity contribution in [1.82, 2.24) is 15.2 Å². The van der Waals surface area contributed by atoms with Crippen LogP contribution in [0.5, 0.6) is 0 Å². The Labute approximate surface area is 131 Å². The molecular formula is C15H27N5S. The van der Waals surface area contributed by atoms with Crippen molar-refractivity contribution in [2.75, 3.05) is 36.0 Å². The molecule has 21 heavy (non-hydrogen) atoms. The van der Waals surface area contributed by atoms with Crippen LogP contribution in [0, 0.1) is 11.3 Å². The first-order valence-corrected chi connectivity index (χ1v) is 9.28. The van der Waals surface area contributed by atoms with Gasteiger partial charge in [0.2, 0.25) is 5.95 Å². The van der Waals surface area contributed by atoms with Crippen LogP contribution in [0.15, 0.2) is 0 Å². The lowest BCUT2D eigenvalue weighted by molar-refractivity contribution is 0.257. The molecule has 0 spiro atoms. The largest absolute Gasteiger partial charge is 0.340 e. The fourth-order valence-electron chi connectivity index (χ4n) is 3.19. The van der Waals surface area contributed by atoms with E-state index in [1.54, 1.807) is 0 Å². The summed E-state index contributed by atoms with van der Waals surface area (Å²) in [6.07, 6.45) is 5.96. The van der Waals surface area contributed by atoms with Gasteiger partial charge in [-0.25, -0.2) is 0 Å². The number of anilines is 1. The van der Waals surface area contributed by atoms with Crippen molar-refractivity contribution in [3.63, 3.8) is 0 Å². The standard InChI is InChI=1S/C15H27N5S/c1-15(11-16)4-6-20(7-5-15)14-17-13(18-19-14)10-12-2-8-21-9-3-12/h12H,2-11,16H2,1H3,(H,17,18,19). The summed E-state index contributed by atoms with van der Waals surface area (Å²) in [6.45, 7) is 5.10. The molecule has 0 unspecified atom stereocenters. The summed E-state index contributed by atoms with van der Waals surface area (Å²) < 4.78 is 0. The molecule has 118 valence electrons. The van der Waals surface area contributed by atoms with E-state index in [0.717, 1.165) is 56.6 Å². The van der Waals surface area contributed by atoms with Crippen LogP contribution in [0.1, 0.15) is 38.4 Å². The Kier molecular flexibility index (Phi) is 4.74. The third kappa shape index (κ3) is 3.72. The van der Waals surface area contributed by atoms with Gasteiger partial charge >= 0.3 is 0 Å². The summed E-state index contributed by atoms with van der Waals surface area (Å²) in [5, 5.41) is 7.58. The smallest absolute Gasteiger partial charge is 0.244 e. The molecule has 2 aliphatic rings. The van der Waals surface area contributed by atoms with Gasteiger partial charge in [0, 0.05) is 19.5 Å². The number of aromatic nitrogens is 3. The summed E-state index contributed by atoms with van der Waals surface area (Å²) in [6, 6.07) is 0. The first-order valence-electron chi connectivity index (χ1n) is 8.13. The Bertz CT molecular complexity index is 447. The molecule has 5 nitrogen and oxygen atoms in total. The number of nitrogens with one attached hydrogen (secondary N) is 1. The van der Waals surface area contributed by atoms with Gasteiger partial charge in [0.05, 0.1) is 0 Å². The normalized spacial score (nSPS) is 23.4. The van der Waals surface area contributed by atoms with Gasteiger partial charge in [0.15, 0.2) is 0 Å². The number of aromatic amines is 1. The highest BCUT2D eigenvalue weighted by molar-refractivity contribution is 7.99. The molecule has 0 aromatic carbocycles. The second-order valence-corrected chi connectivity index (χ2v) is 8.07. The van der Waals surface area contributed by atoms with Crippen LogP contribution >= 0.6 is 11.8 Å². The van der Waals surface area contributed by atoms with Crippen LogP contribution in [-0.2, 0) is 6.42 Å². The maximum absolute atomic E-state index is 5.87. The van der Waals surface area contributed by atoms with Gasteiger partial charge in [-0.1, -0.05) is 6.92 Å². The van der Waals surface area contributed by atoms with Gasteiger partial charge in [-0.05, 0) is 55.1 Å². The summed E-state index contributed by atoms with van der Waals surface area (Å²) >= 11 is 2.07. The molecule has 1 aromatic heterocycles. The number of rotatable bonds is 4. The van der Waals surface area contributed by atoms with Crippen molar-refractivity contribution >= 4 is 17.7 Å². The van der Waals surface area contributed by atoms with Crippen molar-refractivity contribution in [3.8, 4) is 0 Å². The van der Waals surface area contributed by atoms with Crippen LogP contribution in [0.2, 0.25) is 0 Å². The molecule has 0 amide bonds. The highest BCUT2D eigenvalue weighted by atomic mass is 32.2. The summed E-state index contributed by atoms with van der Waals surface area (Å²) in [4.78, 5) is 7.02. The quantitative estimate of drug-likeness (QED) is 0.891. The average molecular weight is 309 g/mol. The zero-order chi connectivity index (χ0) is 14.7. The molecular weight excluding hydrogens is 282 g/mol.